The summed E-state index contributed by atoms with van der Waals surface area (Å²) in [4.78, 5) is 8.14. The Morgan fingerprint density at radius 2 is 2.10 bits per heavy atom. The van der Waals surface area contributed by atoms with Crippen molar-refractivity contribution in [1.82, 2.24) is 4.98 Å². The van der Waals surface area contributed by atoms with Crippen molar-refractivity contribution < 1.29 is 0 Å². The van der Waals surface area contributed by atoms with Crippen LogP contribution in [0.15, 0.2) is 48.1 Å². The summed E-state index contributed by atoms with van der Waals surface area (Å²) in [6, 6.07) is 11.2. The van der Waals surface area contributed by atoms with Crippen LogP contribution in [0.1, 0.15) is 17.7 Å². The highest BCUT2D eigenvalue weighted by molar-refractivity contribution is 7.09. The van der Waals surface area contributed by atoms with Gasteiger partial charge in [-0.2, -0.15) is 0 Å². The molecule has 21 heavy (non-hydrogen) atoms. The van der Waals surface area contributed by atoms with Crippen molar-refractivity contribution in [3.8, 4) is 0 Å². The molecule has 0 aliphatic heterocycles. The lowest BCUT2D eigenvalue weighted by Gasteiger charge is -2.26. The Balaban J connectivity index is 1.81. The maximum Gasteiger partial charge on any atom is 0.0526 e. The molecule has 0 bridgehead atoms. The van der Waals surface area contributed by atoms with Crippen LogP contribution in [0.3, 0.4) is 0 Å². The molecule has 0 radical (unpaired) electrons. The Morgan fingerprint density at radius 1 is 1.19 bits per heavy atom. The van der Waals surface area contributed by atoms with Crippen LogP contribution in [0, 0.1) is 0 Å². The smallest absolute Gasteiger partial charge is 0.0526 e. The van der Waals surface area contributed by atoms with Gasteiger partial charge in [-0.25, -0.2) is 0 Å². The number of hydrogen-bond donors (Lipinski definition) is 1. The highest BCUT2D eigenvalue weighted by Gasteiger charge is 2.30. The number of benzene rings is 1. The third kappa shape index (κ3) is 2.36. The molecule has 1 fully saturated rings. The first kappa shape index (κ1) is 12.7. The molecule has 3 aromatic rings. The van der Waals surface area contributed by atoms with Crippen molar-refractivity contribution in [2.75, 3.05) is 10.6 Å². The van der Waals surface area contributed by atoms with Crippen molar-refractivity contribution in [2.24, 2.45) is 0 Å². The number of nitrogens with zero attached hydrogens (tertiary/aromatic N) is 2. The molecule has 0 amide bonds. The summed E-state index contributed by atoms with van der Waals surface area (Å²) >= 11 is 1.82. The molecule has 1 saturated carbocycles. The molecule has 0 saturated heterocycles. The number of hydrogen-bond acceptors (Lipinski definition) is 4. The molecule has 2 aromatic heterocycles. The van der Waals surface area contributed by atoms with Crippen LogP contribution in [0.5, 0.6) is 0 Å². The summed E-state index contributed by atoms with van der Waals surface area (Å²) in [7, 11) is 0. The van der Waals surface area contributed by atoms with E-state index in [1.54, 1.807) is 0 Å². The number of nitrogens with two attached hydrogens (primary N) is 1. The molecule has 0 atom stereocenters. The number of nitrogen functional groups attached to an aromatic ring is 1. The number of pyridine rings is 1. The highest BCUT2D eigenvalue weighted by atomic mass is 32.1. The summed E-state index contributed by atoms with van der Waals surface area (Å²) in [6.07, 6.45) is 6.27. The van der Waals surface area contributed by atoms with E-state index in [9.17, 15) is 0 Å². The van der Waals surface area contributed by atoms with Gasteiger partial charge in [-0.1, -0.05) is 6.07 Å². The summed E-state index contributed by atoms with van der Waals surface area (Å²) in [5, 5.41) is 4.39. The third-order valence-corrected chi connectivity index (χ3v) is 4.89. The Labute approximate surface area is 128 Å². The van der Waals surface area contributed by atoms with Gasteiger partial charge in [0.15, 0.2) is 0 Å². The molecule has 1 aromatic carbocycles. The SMILES string of the molecule is Nc1ccc(N(Cc2cccs2)C2CC2)c2ccncc12. The standard InChI is InChI=1S/C17H17N3S/c18-16-5-6-17(14-7-8-19-10-15(14)16)20(12-3-4-12)11-13-2-1-9-21-13/h1-2,5-10,12H,3-4,11,18H2. The fraction of sp³-hybridized carbons (Fsp3) is 0.235. The van der Waals surface area contributed by atoms with Crippen LogP contribution in [0.4, 0.5) is 11.4 Å². The summed E-state index contributed by atoms with van der Waals surface area (Å²) in [5.41, 5.74) is 8.17. The Morgan fingerprint density at radius 3 is 2.86 bits per heavy atom. The minimum absolute atomic E-state index is 0.659. The lowest BCUT2D eigenvalue weighted by molar-refractivity contribution is 0.807. The van der Waals surface area contributed by atoms with Crippen LogP contribution in [0.25, 0.3) is 10.8 Å². The lowest BCUT2D eigenvalue weighted by atomic mass is 10.1. The van der Waals surface area contributed by atoms with Crippen molar-refractivity contribution >= 4 is 33.5 Å². The van der Waals surface area contributed by atoms with Gasteiger partial charge in [-0.05, 0) is 42.5 Å². The van der Waals surface area contributed by atoms with Gasteiger partial charge in [-0.3, -0.25) is 4.98 Å². The van der Waals surface area contributed by atoms with Gasteiger partial charge in [0, 0.05) is 45.5 Å². The number of anilines is 2. The maximum atomic E-state index is 6.10. The van der Waals surface area contributed by atoms with E-state index in [4.69, 9.17) is 5.73 Å². The number of aromatic nitrogens is 1. The zero-order valence-electron chi connectivity index (χ0n) is 11.7. The quantitative estimate of drug-likeness (QED) is 0.738. The van der Waals surface area contributed by atoms with E-state index < -0.39 is 0 Å². The van der Waals surface area contributed by atoms with Crippen molar-refractivity contribution in [1.29, 1.82) is 0 Å². The molecule has 2 N–H and O–H groups in total. The van der Waals surface area contributed by atoms with Crippen LogP contribution in [-0.4, -0.2) is 11.0 Å². The van der Waals surface area contributed by atoms with E-state index in [-0.39, 0.29) is 0 Å². The van der Waals surface area contributed by atoms with Crippen LogP contribution in [-0.2, 0) is 6.54 Å². The lowest BCUT2D eigenvalue weighted by Crippen LogP contribution is -2.24. The first-order valence-corrected chi connectivity index (χ1v) is 8.12. The van der Waals surface area contributed by atoms with E-state index in [2.05, 4.69) is 39.5 Å². The maximum absolute atomic E-state index is 6.10. The molecule has 4 heteroatoms. The summed E-state index contributed by atoms with van der Waals surface area (Å²) in [6.45, 7) is 0.976. The van der Waals surface area contributed by atoms with Crippen LogP contribution in [0.2, 0.25) is 0 Å². The number of thiophene rings is 1. The van der Waals surface area contributed by atoms with E-state index in [1.807, 2.05) is 29.8 Å². The largest absolute Gasteiger partial charge is 0.398 e. The normalized spacial score (nSPS) is 14.5. The van der Waals surface area contributed by atoms with Crippen LogP contribution < -0.4 is 10.6 Å². The molecule has 106 valence electrons. The minimum atomic E-state index is 0.659. The molecular weight excluding hydrogens is 278 g/mol. The average Bonchev–Trinajstić information content (AvgIpc) is 3.23. The predicted octanol–water partition coefficient (Wildman–Crippen LogP) is 4.05. The summed E-state index contributed by atoms with van der Waals surface area (Å²) in [5.74, 6) is 0. The zero-order valence-corrected chi connectivity index (χ0v) is 12.5. The van der Waals surface area contributed by atoms with Gasteiger partial charge in [0.2, 0.25) is 0 Å². The Kier molecular flexibility index (Phi) is 3.04. The number of rotatable bonds is 4. The van der Waals surface area contributed by atoms with E-state index in [0.29, 0.717) is 6.04 Å². The van der Waals surface area contributed by atoms with Gasteiger partial charge in [0.25, 0.3) is 0 Å². The van der Waals surface area contributed by atoms with E-state index in [0.717, 1.165) is 17.6 Å². The highest BCUT2D eigenvalue weighted by Crippen LogP contribution is 2.38. The minimum Gasteiger partial charge on any atom is -0.398 e. The van der Waals surface area contributed by atoms with Gasteiger partial charge in [0.05, 0.1) is 6.54 Å². The molecule has 0 spiro atoms. The fourth-order valence-corrected chi connectivity index (χ4v) is 3.52. The Bertz CT molecular complexity index is 763. The molecule has 2 heterocycles. The molecule has 3 nitrogen and oxygen atoms in total. The van der Waals surface area contributed by atoms with Crippen LogP contribution >= 0.6 is 11.3 Å². The molecule has 1 aliphatic carbocycles. The average molecular weight is 295 g/mol. The van der Waals surface area contributed by atoms with Crippen molar-refractivity contribution in [3.05, 3.63) is 53.0 Å². The van der Waals surface area contributed by atoms with Gasteiger partial charge in [-0.15, -0.1) is 11.3 Å². The monoisotopic (exact) mass is 295 g/mol. The molecular formula is C17H17N3S. The third-order valence-electron chi connectivity index (χ3n) is 4.03. The molecule has 1 aliphatic rings. The van der Waals surface area contributed by atoms with Gasteiger partial charge >= 0.3 is 0 Å². The van der Waals surface area contributed by atoms with E-state index in [1.165, 1.54) is 28.8 Å². The predicted molar refractivity (Wildman–Crippen MR) is 89.7 cm³/mol. The second kappa shape index (κ2) is 5.04. The Hall–Kier alpha value is -2.07. The second-order valence-electron chi connectivity index (χ2n) is 5.53. The zero-order chi connectivity index (χ0) is 14.2. The topological polar surface area (TPSA) is 42.1 Å². The fourth-order valence-electron chi connectivity index (χ4n) is 2.81. The van der Waals surface area contributed by atoms with E-state index >= 15 is 0 Å². The van der Waals surface area contributed by atoms with Gasteiger partial charge in [0.1, 0.15) is 0 Å². The molecule has 4 rings (SSSR count). The second-order valence-corrected chi connectivity index (χ2v) is 6.57. The number of fused-ring (bicyclic) bond motifs is 1. The van der Waals surface area contributed by atoms with Crippen molar-refractivity contribution in [3.63, 3.8) is 0 Å². The molecule has 0 unspecified atom stereocenters. The summed E-state index contributed by atoms with van der Waals surface area (Å²) < 4.78 is 0. The first-order valence-electron chi connectivity index (χ1n) is 7.24. The first-order chi connectivity index (χ1) is 10.3. The van der Waals surface area contributed by atoms with Crippen molar-refractivity contribution in [2.45, 2.75) is 25.4 Å². The van der Waals surface area contributed by atoms with Gasteiger partial charge < -0.3 is 10.6 Å².